The lowest BCUT2D eigenvalue weighted by Gasteiger charge is -2.26. The van der Waals surface area contributed by atoms with Crippen LogP contribution in [0.2, 0.25) is 15.1 Å². The summed E-state index contributed by atoms with van der Waals surface area (Å²) in [6.45, 7) is -0.121. The van der Waals surface area contributed by atoms with Crippen molar-refractivity contribution in [2.24, 2.45) is 5.41 Å². The van der Waals surface area contributed by atoms with Crippen molar-refractivity contribution in [3.05, 3.63) is 86.1 Å². The number of halogens is 9. The summed E-state index contributed by atoms with van der Waals surface area (Å²) in [5, 5.41) is 6.30. The second-order valence-electron chi connectivity index (χ2n) is 9.65. The fraction of sp³-hybridized carbons (Fsp3) is 0.250. The SMILES string of the molecule is CC(C)(C(=O)NCc1ccc(Cl)c(C(=O)Nc2ccc(OCC(F)F)c(C(=O)Nc3ccc(Cl)c(F)c3)c2)c1Cl)C(F)(F)F. The molecule has 0 bridgehead atoms. The van der Waals surface area contributed by atoms with Crippen molar-refractivity contribution >= 4 is 63.9 Å². The van der Waals surface area contributed by atoms with Crippen molar-refractivity contribution in [2.45, 2.75) is 33.0 Å². The summed E-state index contributed by atoms with van der Waals surface area (Å²) in [5.41, 5.74) is -3.34. The minimum atomic E-state index is -4.83. The van der Waals surface area contributed by atoms with Crippen LogP contribution in [0.5, 0.6) is 5.75 Å². The molecule has 0 aromatic heterocycles. The van der Waals surface area contributed by atoms with E-state index in [0.717, 1.165) is 18.2 Å². The van der Waals surface area contributed by atoms with Crippen molar-refractivity contribution in [2.75, 3.05) is 17.2 Å². The monoisotopic (exact) mass is 683 g/mol. The number of nitrogens with one attached hydrogen (secondary N) is 3. The van der Waals surface area contributed by atoms with Crippen LogP contribution in [0, 0.1) is 11.2 Å². The van der Waals surface area contributed by atoms with Crippen LogP contribution in [0.15, 0.2) is 48.5 Å². The molecule has 0 saturated heterocycles. The highest BCUT2D eigenvalue weighted by molar-refractivity contribution is 6.41. The molecule has 0 fully saturated rings. The average Bonchev–Trinajstić information content (AvgIpc) is 2.93. The molecule has 3 rings (SSSR count). The summed E-state index contributed by atoms with van der Waals surface area (Å²) in [7, 11) is 0. The minimum Gasteiger partial charge on any atom is -0.487 e. The highest BCUT2D eigenvalue weighted by Gasteiger charge is 2.52. The predicted molar refractivity (Wildman–Crippen MR) is 153 cm³/mol. The maximum absolute atomic E-state index is 13.8. The van der Waals surface area contributed by atoms with Crippen molar-refractivity contribution in [1.29, 1.82) is 0 Å². The number of ether oxygens (including phenoxy) is 1. The van der Waals surface area contributed by atoms with E-state index in [0.29, 0.717) is 13.8 Å². The summed E-state index contributed by atoms with van der Waals surface area (Å²) in [6.07, 6.45) is -7.70. The smallest absolute Gasteiger partial charge is 0.402 e. The van der Waals surface area contributed by atoms with Gasteiger partial charge in [-0.05, 0) is 61.9 Å². The standard InChI is InChI=1S/C28H22Cl3F6N3O4/c1-27(2,28(35,36)37)26(43)38-11-13-3-6-18(30)22(23(13)31)25(42)40-14-5-8-20(44-12-21(33)34)16(9-14)24(41)39-15-4-7-17(29)19(32)10-15/h3-10,21H,11-12H2,1-2H3,(H,38,43)(H,39,41)(H,40,42). The lowest BCUT2D eigenvalue weighted by Crippen LogP contribution is -2.46. The Labute approximate surface area is 261 Å². The summed E-state index contributed by atoms with van der Waals surface area (Å²) >= 11 is 18.2. The predicted octanol–water partition coefficient (Wildman–Crippen LogP) is 8.14. The Morgan fingerprint density at radius 3 is 2.07 bits per heavy atom. The molecule has 0 saturated carbocycles. The molecule has 0 radical (unpaired) electrons. The largest absolute Gasteiger partial charge is 0.487 e. The lowest BCUT2D eigenvalue weighted by atomic mass is 9.91. The molecule has 0 spiro atoms. The number of hydrogen-bond donors (Lipinski definition) is 3. The normalized spacial score (nSPS) is 11.7. The maximum Gasteiger partial charge on any atom is 0.402 e. The Morgan fingerprint density at radius 2 is 1.45 bits per heavy atom. The molecule has 236 valence electrons. The van der Waals surface area contributed by atoms with Crippen LogP contribution < -0.4 is 20.7 Å². The summed E-state index contributed by atoms with van der Waals surface area (Å²) in [5.74, 6) is -4.28. The average molecular weight is 685 g/mol. The van der Waals surface area contributed by atoms with Gasteiger partial charge in [0.25, 0.3) is 18.2 Å². The second kappa shape index (κ2) is 14.0. The molecule has 0 unspecified atom stereocenters. The van der Waals surface area contributed by atoms with Gasteiger partial charge in [-0.1, -0.05) is 40.9 Å². The Hall–Kier alpha value is -3.68. The third-order valence-electron chi connectivity index (χ3n) is 6.14. The van der Waals surface area contributed by atoms with E-state index in [1.807, 2.05) is 0 Å². The van der Waals surface area contributed by atoms with Crippen molar-refractivity contribution in [1.82, 2.24) is 5.32 Å². The Kier molecular flexibility index (Phi) is 11.0. The summed E-state index contributed by atoms with van der Waals surface area (Å²) in [6, 6.07) is 9.39. The van der Waals surface area contributed by atoms with E-state index in [1.165, 1.54) is 30.3 Å². The van der Waals surface area contributed by atoms with Gasteiger partial charge >= 0.3 is 6.18 Å². The van der Waals surface area contributed by atoms with E-state index in [9.17, 15) is 40.7 Å². The quantitative estimate of drug-likeness (QED) is 0.188. The van der Waals surface area contributed by atoms with Crippen LogP contribution in [-0.2, 0) is 11.3 Å². The zero-order chi connectivity index (χ0) is 33.0. The Balaban J connectivity index is 1.87. The maximum atomic E-state index is 13.8. The first-order valence-electron chi connectivity index (χ1n) is 12.4. The molecule has 0 aliphatic heterocycles. The van der Waals surface area contributed by atoms with Crippen LogP contribution in [0.25, 0.3) is 0 Å². The molecule has 0 aliphatic rings. The van der Waals surface area contributed by atoms with Crippen LogP contribution in [0.4, 0.5) is 37.7 Å². The number of alkyl halides is 5. The molecule has 3 amide bonds. The zero-order valence-corrected chi connectivity index (χ0v) is 24.9. The fourth-order valence-corrected chi connectivity index (χ4v) is 4.22. The zero-order valence-electron chi connectivity index (χ0n) is 22.6. The van der Waals surface area contributed by atoms with Gasteiger partial charge < -0.3 is 20.7 Å². The third-order valence-corrected chi connectivity index (χ3v) is 7.19. The van der Waals surface area contributed by atoms with Crippen LogP contribution in [0.3, 0.4) is 0 Å². The van der Waals surface area contributed by atoms with Crippen molar-refractivity contribution in [3.8, 4) is 5.75 Å². The minimum absolute atomic E-state index is 0.0211. The van der Waals surface area contributed by atoms with Gasteiger partial charge in [0.1, 0.15) is 23.6 Å². The van der Waals surface area contributed by atoms with Gasteiger partial charge in [0.15, 0.2) is 0 Å². The van der Waals surface area contributed by atoms with E-state index in [-0.39, 0.29) is 48.9 Å². The van der Waals surface area contributed by atoms with Gasteiger partial charge in [-0.25, -0.2) is 13.2 Å². The number of anilines is 2. The number of amides is 3. The number of benzene rings is 3. The summed E-state index contributed by atoms with van der Waals surface area (Å²) < 4.78 is 84.1. The fourth-order valence-electron chi connectivity index (χ4n) is 3.50. The van der Waals surface area contributed by atoms with Gasteiger partial charge in [0.2, 0.25) is 5.91 Å². The molecule has 0 aliphatic carbocycles. The number of rotatable bonds is 10. The van der Waals surface area contributed by atoms with Crippen LogP contribution >= 0.6 is 34.8 Å². The van der Waals surface area contributed by atoms with E-state index >= 15 is 0 Å². The molecule has 16 heteroatoms. The van der Waals surface area contributed by atoms with E-state index in [2.05, 4.69) is 16.0 Å². The third kappa shape index (κ3) is 8.27. The van der Waals surface area contributed by atoms with E-state index in [4.69, 9.17) is 39.5 Å². The highest BCUT2D eigenvalue weighted by Crippen LogP contribution is 2.38. The van der Waals surface area contributed by atoms with Gasteiger partial charge in [0, 0.05) is 17.9 Å². The summed E-state index contributed by atoms with van der Waals surface area (Å²) in [4.78, 5) is 38.4. The molecule has 7 nitrogen and oxygen atoms in total. The van der Waals surface area contributed by atoms with Crippen molar-refractivity contribution < 1.29 is 45.5 Å². The first-order chi connectivity index (χ1) is 20.4. The molecule has 3 N–H and O–H groups in total. The topological polar surface area (TPSA) is 96.5 Å². The molecule has 3 aromatic rings. The Morgan fingerprint density at radius 1 is 0.864 bits per heavy atom. The van der Waals surface area contributed by atoms with E-state index < -0.39 is 54.7 Å². The Bertz CT molecular complexity index is 1580. The van der Waals surface area contributed by atoms with Gasteiger partial charge in [-0.2, -0.15) is 13.2 Å². The highest BCUT2D eigenvalue weighted by atomic mass is 35.5. The first kappa shape index (κ1) is 34.8. The van der Waals surface area contributed by atoms with Crippen molar-refractivity contribution in [3.63, 3.8) is 0 Å². The number of carbonyl (C=O) groups is 3. The first-order valence-corrected chi connectivity index (χ1v) is 13.5. The van der Waals surface area contributed by atoms with Gasteiger partial charge in [0.05, 0.1) is 26.2 Å². The molecular formula is C28H22Cl3F6N3O4. The molecule has 0 heterocycles. The molecule has 44 heavy (non-hydrogen) atoms. The number of hydrogen-bond acceptors (Lipinski definition) is 4. The van der Waals surface area contributed by atoms with Crippen LogP contribution in [-0.4, -0.2) is 36.9 Å². The van der Waals surface area contributed by atoms with Gasteiger partial charge in [-0.3, -0.25) is 14.4 Å². The van der Waals surface area contributed by atoms with E-state index in [1.54, 1.807) is 0 Å². The second-order valence-corrected chi connectivity index (χ2v) is 10.8. The molecule has 0 atom stereocenters. The van der Waals surface area contributed by atoms with Crippen LogP contribution in [0.1, 0.15) is 40.1 Å². The molecule has 3 aromatic carbocycles. The lowest BCUT2D eigenvalue weighted by molar-refractivity contribution is -0.211. The van der Waals surface area contributed by atoms with Gasteiger partial charge in [-0.15, -0.1) is 0 Å². The number of carbonyl (C=O) groups excluding carboxylic acids is 3. The molecular weight excluding hydrogens is 663 g/mol.